The van der Waals surface area contributed by atoms with E-state index in [1.807, 2.05) is 19.1 Å². The fraction of sp³-hybridized carbons (Fsp3) is 0.412. The maximum atomic E-state index is 6.24. The summed E-state index contributed by atoms with van der Waals surface area (Å²) in [6.07, 6.45) is 2.61. The SMILES string of the molecule is CCN(CCC(C)N)c1cnc(Sc2cc(OC)ccc2Cl)c(N)n1. The number of anilines is 2. The number of ether oxygens (including phenoxy) is 1. The first-order chi connectivity index (χ1) is 11.9. The second kappa shape index (κ2) is 9.12. The van der Waals surface area contributed by atoms with Crippen molar-refractivity contribution in [3.05, 3.63) is 29.4 Å². The molecule has 136 valence electrons. The number of nitrogen functional groups attached to an aromatic ring is 1. The van der Waals surface area contributed by atoms with Gasteiger partial charge >= 0.3 is 0 Å². The Labute approximate surface area is 157 Å². The van der Waals surface area contributed by atoms with Gasteiger partial charge in [0.1, 0.15) is 16.6 Å². The van der Waals surface area contributed by atoms with E-state index in [1.54, 1.807) is 19.4 Å². The Morgan fingerprint density at radius 1 is 1.40 bits per heavy atom. The summed E-state index contributed by atoms with van der Waals surface area (Å²) in [5, 5.41) is 1.23. The molecule has 0 spiro atoms. The molecule has 0 fully saturated rings. The molecule has 4 N–H and O–H groups in total. The minimum Gasteiger partial charge on any atom is -0.497 e. The van der Waals surface area contributed by atoms with Crippen molar-refractivity contribution in [3.63, 3.8) is 0 Å². The number of halogens is 1. The first-order valence-electron chi connectivity index (χ1n) is 8.09. The molecule has 25 heavy (non-hydrogen) atoms. The van der Waals surface area contributed by atoms with Crippen LogP contribution in [0.15, 0.2) is 34.3 Å². The normalized spacial score (nSPS) is 12.0. The second-order valence-electron chi connectivity index (χ2n) is 5.66. The third kappa shape index (κ3) is 5.39. The van der Waals surface area contributed by atoms with Crippen LogP contribution in [0.3, 0.4) is 0 Å². The molecule has 1 aromatic carbocycles. The quantitative estimate of drug-likeness (QED) is 0.723. The van der Waals surface area contributed by atoms with E-state index < -0.39 is 0 Å². The van der Waals surface area contributed by atoms with Crippen molar-refractivity contribution in [2.24, 2.45) is 5.73 Å². The molecule has 1 heterocycles. The van der Waals surface area contributed by atoms with Crippen LogP contribution in [0.2, 0.25) is 5.02 Å². The molecule has 0 bridgehead atoms. The van der Waals surface area contributed by atoms with Crippen molar-refractivity contribution in [1.29, 1.82) is 0 Å². The lowest BCUT2D eigenvalue weighted by atomic mass is 10.2. The Hall–Kier alpha value is -1.70. The predicted molar refractivity (Wildman–Crippen MR) is 105 cm³/mol. The highest BCUT2D eigenvalue weighted by Gasteiger charge is 2.13. The van der Waals surface area contributed by atoms with Gasteiger partial charge in [0.2, 0.25) is 0 Å². The molecule has 0 aliphatic carbocycles. The van der Waals surface area contributed by atoms with Gasteiger partial charge in [0.05, 0.1) is 18.3 Å². The minimum atomic E-state index is 0.143. The average Bonchev–Trinajstić information content (AvgIpc) is 2.59. The van der Waals surface area contributed by atoms with Crippen molar-refractivity contribution < 1.29 is 4.74 Å². The summed E-state index contributed by atoms with van der Waals surface area (Å²) in [4.78, 5) is 11.9. The summed E-state index contributed by atoms with van der Waals surface area (Å²) in [6, 6.07) is 5.59. The van der Waals surface area contributed by atoms with Gasteiger partial charge in [-0.3, -0.25) is 0 Å². The Morgan fingerprint density at radius 2 is 2.16 bits per heavy atom. The highest BCUT2D eigenvalue weighted by atomic mass is 35.5. The van der Waals surface area contributed by atoms with E-state index in [9.17, 15) is 0 Å². The summed E-state index contributed by atoms with van der Waals surface area (Å²) in [6.45, 7) is 5.69. The lowest BCUT2D eigenvalue weighted by molar-refractivity contribution is 0.413. The van der Waals surface area contributed by atoms with E-state index in [1.165, 1.54) is 11.8 Å². The van der Waals surface area contributed by atoms with Crippen LogP contribution in [0, 0.1) is 0 Å². The van der Waals surface area contributed by atoms with Crippen LogP contribution in [-0.4, -0.2) is 36.2 Å². The number of hydrogen-bond acceptors (Lipinski definition) is 7. The summed E-state index contributed by atoms with van der Waals surface area (Å²) >= 11 is 7.61. The van der Waals surface area contributed by atoms with Gasteiger partial charge in [0.15, 0.2) is 5.82 Å². The van der Waals surface area contributed by atoms with Gasteiger partial charge in [0, 0.05) is 24.0 Å². The topological polar surface area (TPSA) is 90.3 Å². The van der Waals surface area contributed by atoms with Crippen LogP contribution in [-0.2, 0) is 0 Å². The number of rotatable bonds is 8. The van der Waals surface area contributed by atoms with Crippen molar-refractivity contribution in [2.45, 2.75) is 36.2 Å². The molecule has 0 saturated carbocycles. The number of hydrogen-bond donors (Lipinski definition) is 2. The van der Waals surface area contributed by atoms with E-state index in [0.717, 1.165) is 36.0 Å². The van der Waals surface area contributed by atoms with Crippen molar-refractivity contribution in [3.8, 4) is 5.75 Å². The van der Waals surface area contributed by atoms with Gasteiger partial charge in [-0.05, 0) is 38.5 Å². The largest absolute Gasteiger partial charge is 0.497 e. The van der Waals surface area contributed by atoms with Crippen molar-refractivity contribution >= 4 is 35.0 Å². The highest BCUT2D eigenvalue weighted by Crippen LogP contribution is 2.37. The molecular weight excluding hydrogens is 358 g/mol. The van der Waals surface area contributed by atoms with Gasteiger partial charge < -0.3 is 21.1 Å². The fourth-order valence-electron chi connectivity index (χ4n) is 2.20. The summed E-state index contributed by atoms with van der Waals surface area (Å²) in [7, 11) is 1.61. The molecule has 0 radical (unpaired) electrons. The fourth-order valence-corrected chi connectivity index (χ4v) is 3.24. The Kier molecular flexibility index (Phi) is 7.16. The molecule has 6 nitrogen and oxygen atoms in total. The molecule has 1 atom stereocenters. The molecule has 2 aromatic rings. The maximum Gasteiger partial charge on any atom is 0.158 e. The zero-order valence-corrected chi connectivity index (χ0v) is 16.3. The van der Waals surface area contributed by atoms with E-state index in [4.69, 9.17) is 27.8 Å². The highest BCUT2D eigenvalue weighted by molar-refractivity contribution is 7.99. The zero-order chi connectivity index (χ0) is 18.4. The van der Waals surface area contributed by atoms with E-state index in [2.05, 4.69) is 21.8 Å². The summed E-state index contributed by atoms with van der Waals surface area (Å²) in [5.74, 6) is 1.85. The molecule has 0 saturated heterocycles. The van der Waals surface area contributed by atoms with Crippen LogP contribution in [0.25, 0.3) is 0 Å². The van der Waals surface area contributed by atoms with Gasteiger partial charge in [-0.1, -0.05) is 23.4 Å². The van der Waals surface area contributed by atoms with Crippen molar-refractivity contribution in [1.82, 2.24) is 9.97 Å². The standard InChI is InChI=1S/C17H24ClN5OS/c1-4-23(8-7-11(2)19)15-10-21-17(16(20)22-15)25-14-9-12(24-3)5-6-13(14)18/h5-6,9-11H,4,7-8,19H2,1-3H3,(H2,20,22). The Balaban J connectivity index is 2.19. The number of aromatic nitrogens is 2. The van der Waals surface area contributed by atoms with E-state index in [-0.39, 0.29) is 6.04 Å². The zero-order valence-electron chi connectivity index (χ0n) is 14.7. The first-order valence-corrected chi connectivity index (χ1v) is 9.28. The molecule has 8 heteroatoms. The molecule has 2 rings (SSSR count). The minimum absolute atomic E-state index is 0.143. The maximum absolute atomic E-state index is 6.24. The molecule has 1 unspecified atom stereocenters. The third-order valence-electron chi connectivity index (χ3n) is 3.66. The van der Waals surface area contributed by atoms with Crippen LogP contribution in [0.4, 0.5) is 11.6 Å². The second-order valence-corrected chi connectivity index (χ2v) is 7.10. The Bertz CT molecular complexity index is 713. The smallest absolute Gasteiger partial charge is 0.158 e. The number of nitrogens with zero attached hydrogens (tertiary/aromatic N) is 3. The summed E-state index contributed by atoms with van der Waals surface area (Å²) < 4.78 is 5.23. The molecule has 0 amide bonds. The monoisotopic (exact) mass is 381 g/mol. The van der Waals surface area contributed by atoms with Gasteiger partial charge in [0.25, 0.3) is 0 Å². The molecule has 1 aromatic heterocycles. The van der Waals surface area contributed by atoms with Gasteiger partial charge in [-0.2, -0.15) is 0 Å². The molecule has 0 aliphatic rings. The van der Waals surface area contributed by atoms with Crippen molar-refractivity contribution in [2.75, 3.05) is 30.8 Å². The van der Waals surface area contributed by atoms with Crippen LogP contribution < -0.4 is 21.1 Å². The van der Waals surface area contributed by atoms with Crippen LogP contribution in [0.1, 0.15) is 20.3 Å². The number of benzene rings is 1. The van der Waals surface area contributed by atoms with Crippen LogP contribution in [0.5, 0.6) is 5.75 Å². The van der Waals surface area contributed by atoms with Gasteiger partial charge in [-0.15, -0.1) is 0 Å². The van der Waals surface area contributed by atoms with Gasteiger partial charge in [-0.25, -0.2) is 9.97 Å². The first kappa shape index (κ1) is 19.6. The number of methoxy groups -OCH3 is 1. The molecular formula is C17H24ClN5OS. The van der Waals surface area contributed by atoms with E-state index >= 15 is 0 Å². The van der Waals surface area contributed by atoms with Crippen LogP contribution >= 0.6 is 23.4 Å². The Morgan fingerprint density at radius 3 is 2.76 bits per heavy atom. The predicted octanol–water partition coefficient (Wildman–Crippen LogP) is 3.44. The summed E-state index contributed by atoms with van der Waals surface area (Å²) in [5.41, 5.74) is 12.0. The number of nitrogens with two attached hydrogens (primary N) is 2. The average molecular weight is 382 g/mol. The lowest BCUT2D eigenvalue weighted by Gasteiger charge is -2.23. The third-order valence-corrected chi connectivity index (χ3v) is 5.16. The lowest BCUT2D eigenvalue weighted by Crippen LogP contribution is -2.29. The molecule has 0 aliphatic heterocycles. The van der Waals surface area contributed by atoms with E-state index in [0.29, 0.717) is 15.9 Å².